The van der Waals surface area contributed by atoms with Gasteiger partial charge in [-0.05, 0) is 20.8 Å². The number of imide groups is 1. The van der Waals surface area contributed by atoms with Gasteiger partial charge >= 0.3 is 0 Å². The van der Waals surface area contributed by atoms with Crippen LogP contribution in [0.4, 0.5) is 0 Å². The quantitative estimate of drug-likeness (QED) is 0.603. The molecule has 1 atom stereocenters. The van der Waals surface area contributed by atoms with E-state index in [1.165, 1.54) is 4.90 Å². The van der Waals surface area contributed by atoms with Gasteiger partial charge in [0, 0.05) is 12.6 Å². The Balaban J connectivity index is 2.70. The van der Waals surface area contributed by atoms with E-state index in [1.807, 2.05) is 20.8 Å². The number of likely N-dealkylation sites (tertiary alicyclic amines) is 1. The zero-order valence-electron chi connectivity index (χ0n) is 8.24. The SMILES string of the molecule is CCOC1CC(=O)N(C(C)C)C1=O. The lowest BCUT2D eigenvalue weighted by Crippen LogP contribution is -2.38. The Labute approximate surface area is 77.8 Å². The summed E-state index contributed by atoms with van der Waals surface area (Å²) in [6, 6.07) is -0.0644. The fourth-order valence-electron chi connectivity index (χ4n) is 1.50. The topological polar surface area (TPSA) is 46.6 Å². The first-order valence-electron chi connectivity index (χ1n) is 4.55. The van der Waals surface area contributed by atoms with Gasteiger partial charge in [0.05, 0.1) is 6.42 Å². The molecule has 74 valence electrons. The van der Waals surface area contributed by atoms with Crippen molar-refractivity contribution in [3.63, 3.8) is 0 Å². The van der Waals surface area contributed by atoms with Crippen LogP contribution >= 0.6 is 0 Å². The van der Waals surface area contributed by atoms with Crippen molar-refractivity contribution in [2.75, 3.05) is 6.61 Å². The molecule has 2 amide bonds. The predicted octanol–water partition coefficient (Wildman–Crippen LogP) is 0.559. The Morgan fingerprint density at radius 3 is 2.54 bits per heavy atom. The predicted molar refractivity (Wildman–Crippen MR) is 47.0 cm³/mol. The van der Waals surface area contributed by atoms with Gasteiger partial charge in [-0.15, -0.1) is 0 Å². The molecule has 0 N–H and O–H groups in total. The third-order valence-electron chi connectivity index (χ3n) is 2.03. The summed E-state index contributed by atoms with van der Waals surface area (Å²) in [5, 5.41) is 0. The number of rotatable bonds is 3. The fourth-order valence-corrected chi connectivity index (χ4v) is 1.50. The molecular weight excluding hydrogens is 170 g/mol. The van der Waals surface area contributed by atoms with E-state index in [0.29, 0.717) is 6.61 Å². The van der Waals surface area contributed by atoms with Crippen molar-refractivity contribution in [2.45, 2.75) is 39.3 Å². The average molecular weight is 185 g/mol. The van der Waals surface area contributed by atoms with Gasteiger partial charge < -0.3 is 4.74 Å². The molecule has 0 saturated carbocycles. The first-order valence-corrected chi connectivity index (χ1v) is 4.55. The van der Waals surface area contributed by atoms with Gasteiger partial charge in [0.1, 0.15) is 6.10 Å². The number of hydrogen-bond acceptors (Lipinski definition) is 3. The maximum Gasteiger partial charge on any atom is 0.259 e. The van der Waals surface area contributed by atoms with Crippen LogP contribution < -0.4 is 0 Å². The highest BCUT2D eigenvalue weighted by atomic mass is 16.5. The van der Waals surface area contributed by atoms with Crippen molar-refractivity contribution in [1.29, 1.82) is 0 Å². The number of nitrogens with zero attached hydrogens (tertiary/aromatic N) is 1. The van der Waals surface area contributed by atoms with E-state index in [0.717, 1.165) is 0 Å². The van der Waals surface area contributed by atoms with Crippen molar-refractivity contribution >= 4 is 11.8 Å². The second-order valence-corrected chi connectivity index (χ2v) is 3.34. The third kappa shape index (κ3) is 1.88. The van der Waals surface area contributed by atoms with Crippen LogP contribution in [-0.4, -0.2) is 35.5 Å². The number of ether oxygens (including phenoxy) is 1. The summed E-state index contributed by atoms with van der Waals surface area (Å²) in [6.07, 6.45) is -0.343. The molecule has 1 heterocycles. The zero-order chi connectivity index (χ0) is 10.0. The molecule has 0 aromatic heterocycles. The Morgan fingerprint density at radius 2 is 2.15 bits per heavy atom. The van der Waals surface area contributed by atoms with Crippen molar-refractivity contribution in [3.8, 4) is 0 Å². The fraction of sp³-hybridized carbons (Fsp3) is 0.778. The van der Waals surface area contributed by atoms with Gasteiger partial charge in [-0.1, -0.05) is 0 Å². The van der Waals surface area contributed by atoms with Gasteiger partial charge in [0.25, 0.3) is 5.91 Å². The van der Waals surface area contributed by atoms with E-state index in [-0.39, 0.29) is 24.3 Å². The molecule has 4 nitrogen and oxygen atoms in total. The van der Waals surface area contributed by atoms with Crippen LogP contribution in [0.25, 0.3) is 0 Å². The molecule has 1 rings (SSSR count). The molecule has 0 bridgehead atoms. The maximum atomic E-state index is 11.5. The van der Waals surface area contributed by atoms with Crippen LogP contribution in [0.3, 0.4) is 0 Å². The lowest BCUT2D eigenvalue weighted by Gasteiger charge is -2.18. The molecule has 0 radical (unpaired) electrons. The Morgan fingerprint density at radius 1 is 1.54 bits per heavy atom. The highest BCUT2D eigenvalue weighted by Gasteiger charge is 2.40. The number of hydrogen-bond donors (Lipinski definition) is 0. The number of carbonyl (C=O) groups excluding carboxylic acids is 2. The summed E-state index contributed by atoms with van der Waals surface area (Å²) in [5.74, 6) is -0.319. The van der Waals surface area contributed by atoms with Gasteiger partial charge in [0.15, 0.2) is 0 Å². The van der Waals surface area contributed by atoms with Gasteiger partial charge in [-0.2, -0.15) is 0 Å². The van der Waals surface area contributed by atoms with Crippen molar-refractivity contribution in [1.82, 2.24) is 4.90 Å². The van der Waals surface area contributed by atoms with E-state index in [4.69, 9.17) is 4.74 Å². The van der Waals surface area contributed by atoms with Crippen molar-refractivity contribution < 1.29 is 14.3 Å². The molecule has 0 aromatic rings. The molecule has 0 aromatic carbocycles. The Bertz CT molecular complexity index is 225. The van der Waals surface area contributed by atoms with Crippen LogP contribution in [0.2, 0.25) is 0 Å². The number of carbonyl (C=O) groups is 2. The third-order valence-corrected chi connectivity index (χ3v) is 2.03. The minimum atomic E-state index is -0.542. The average Bonchev–Trinajstić information content (AvgIpc) is 2.28. The van der Waals surface area contributed by atoms with Gasteiger partial charge in [-0.25, -0.2) is 0 Å². The molecule has 4 heteroatoms. The molecule has 1 aliphatic rings. The molecular formula is C9H15NO3. The van der Waals surface area contributed by atoms with Crippen LogP contribution in [-0.2, 0) is 14.3 Å². The summed E-state index contributed by atoms with van der Waals surface area (Å²) < 4.78 is 5.15. The summed E-state index contributed by atoms with van der Waals surface area (Å²) >= 11 is 0. The minimum Gasteiger partial charge on any atom is -0.368 e. The van der Waals surface area contributed by atoms with E-state index in [9.17, 15) is 9.59 Å². The van der Waals surface area contributed by atoms with Crippen LogP contribution in [0.5, 0.6) is 0 Å². The summed E-state index contributed by atoms with van der Waals surface area (Å²) in [4.78, 5) is 24.1. The summed E-state index contributed by atoms with van der Waals surface area (Å²) in [5.41, 5.74) is 0. The normalized spacial score (nSPS) is 23.4. The van der Waals surface area contributed by atoms with E-state index in [2.05, 4.69) is 0 Å². The Hall–Kier alpha value is -0.900. The second kappa shape index (κ2) is 3.87. The maximum absolute atomic E-state index is 11.5. The first-order chi connectivity index (χ1) is 6.07. The van der Waals surface area contributed by atoms with Crippen molar-refractivity contribution in [2.24, 2.45) is 0 Å². The highest BCUT2D eigenvalue weighted by molar-refractivity contribution is 6.05. The van der Waals surface area contributed by atoms with Gasteiger partial charge in [-0.3, -0.25) is 14.5 Å². The molecule has 1 aliphatic heterocycles. The van der Waals surface area contributed by atoms with E-state index < -0.39 is 6.10 Å². The smallest absolute Gasteiger partial charge is 0.259 e. The molecule has 0 aliphatic carbocycles. The summed E-state index contributed by atoms with van der Waals surface area (Å²) in [6.45, 7) is 5.93. The minimum absolute atomic E-state index is 0.0644. The van der Waals surface area contributed by atoms with Crippen molar-refractivity contribution in [3.05, 3.63) is 0 Å². The van der Waals surface area contributed by atoms with E-state index >= 15 is 0 Å². The Kier molecular flexibility index (Phi) is 3.03. The molecule has 1 fully saturated rings. The zero-order valence-corrected chi connectivity index (χ0v) is 8.24. The number of amides is 2. The van der Waals surface area contributed by atoms with Crippen LogP contribution in [0.15, 0.2) is 0 Å². The summed E-state index contributed by atoms with van der Waals surface area (Å²) in [7, 11) is 0. The highest BCUT2D eigenvalue weighted by Crippen LogP contribution is 2.18. The van der Waals surface area contributed by atoms with Crippen LogP contribution in [0.1, 0.15) is 27.2 Å². The molecule has 0 spiro atoms. The molecule has 1 unspecified atom stereocenters. The van der Waals surface area contributed by atoms with E-state index in [1.54, 1.807) is 0 Å². The lowest BCUT2D eigenvalue weighted by molar-refractivity contribution is -0.143. The second-order valence-electron chi connectivity index (χ2n) is 3.34. The largest absolute Gasteiger partial charge is 0.368 e. The molecule has 13 heavy (non-hydrogen) atoms. The monoisotopic (exact) mass is 185 g/mol. The lowest BCUT2D eigenvalue weighted by atomic mass is 10.3. The van der Waals surface area contributed by atoms with Gasteiger partial charge in [0.2, 0.25) is 5.91 Å². The van der Waals surface area contributed by atoms with Crippen LogP contribution in [0, 0.1) is 0 Å². The molecule has 1 saturated heterocycles. The first kappa shape index (κ1) is 10.2. The standard InChI is InChI=1S/C9H15NO3/c1-4-13-7-5-8(11)10(6(2)3)9(7)12/h6-7H,4-5H2,1-3H3.